The average Bonchev–Trinajstić information content (AvgIpc) is 2.33. The minimum atomic E-state index is 0.722. The predicted octanol–water partition coefficient (Wildman–Crippen LogP) is 3.84. The normalized spacial score (nSPS) is 17.0. The minimum absolute atomic E-state index is 0.722. The fourth-order valence-electron chi connectivity index (χ4n) is 2.39. The van der Waals surface area contributed by atoms with Gasteiger partial charge in [0.05, 0.1) is 11.3 Å². The number of nitrogens with zero attached hydrogens (tertiary/aromatic N) is 2. The van der Waals surface area contributed by atoms with Gasteiger partial charge in [-0.2, -0.15) is 5.26 Å². The Labute approximate surface area is 105 Å². The molecule has 1 saturated carbocycles. The number of hydrogen-bond acceptors (Lipinski definition) is 2. The number of rotatable bonds is 2. The van der Waals surface area contributed by atoms with Crippen LogP contribution in [0, 0.1) is 17.2 Å². The van der Waals surface area contributed by atoms with Gasteiger partial charge in [-0.3, -0.25) is 4.98 Å². The lowest BCUT2D eigenvalue weighted by Gasteiger charge is -2.21. The zero-order valence-electron chi connectivity index (χ0n) is 9.25. The average molecular weight is 279 g/mol. The van der Waals surface area contributed by atoms with Gasteiger partial charge in [0.1, 0.15) is 6.07 Å². The van der Waals surface area contributed by atoms with E-state index in [0.29, 0.717) is 0 Å². The van der Waals surface area contributed by atoms with Gasteiger partial charge in [-0.05, 0) is 34.3 Å². The number of halogens is 1. The largest absolute Gasteiger partial charge is 0.259 e. The molecule has 2 rings (SSSR count). The topological polar surface area (TPSA) is 36.7 Å². The van der Waals surface area contributed by atoms with Crippen LogP contribution in [0.4, 0.5) is 0 Å². The molecule has 1 aromatic rings. The summed E-state index contributed by atoms with van der Waals surface area (Å²) in [5.41, 5.74) is 1.69. The Morgan fingerprint density at radius 3 is 2.81 bits per heavy atom. The van der Waals surface area contributed by atoms with Crippen LogP contribution in [0.3, 0.4) is 0 Å². The molecule has 0 aliphatic heterocycles. The molecule has 0 atom stereocenters. The van der Waals surface area contributed by atoms with Gasteiger partial charge in [0.2, 0.25) is 0 Å². The molecule has 1 aliphatic rings. The van der Waals surface area contributed by atoms with Gasteiger partial charge in [-0.15, -0.1) is 0 Å². The molecule has 0 radical (unpaired) electrons. The van der Waals surface area contributed by atoms with E-state index in [4.69, 9.17) is 5.26 Å². The van der Waals surface area contributed by atoms with Crippen molar-refractivity contribution in [3.63, 3.8) is 0 Å². The second-order valence-corrected chi connectivity index (χ2v) is 5.38. The second-order valence-electron chi connectivity index (χ2n) is 4.47. The molecule has 3 heteroatoms. The van der Waals surface area contributed by atoms with Crippen molar-refractivity contribution >= 4 is 15.9 Å². The third-order valence-corrected chi connectivity index (χ3v) is 3.70. The van der Waals surface area contributed by atoms with Crippen LogP contribution in [0.1, 0.15) is 43.4 Å². The van der Waals surface area contributed by atoms with Crippen LogP contribution >= 0.6 is 15.9 Å². The predicted molar refractivity (Wildman–Crippen MR) is 66.9 cm³/mol. The van der Waals surface area contributed by atoms with Crippen molar-refractivity contribution in [2.45, 2.75) is 38.5 Å². The van der Waals surface area contributed by atoms with Crippen LogP contribution in [0.15, 0.2) is 16.7 Å². The number of nitriles is 1. The summed E-state index contributed by atoms with van der Waals surface area (Å²) in [5, 5.41) is 9.06. The highest BCUT2D eigenvalue weighted by Gasteiger charge is 2.16. The molecule has 0 saturated heterocycles. The second kappa shape index (κ2) is 5.45. The maximum absolute atomic E-state index is 9.06. The summed E-state index contributed by atoms with van der Waals surface area (Å²) in [6.45, 7) is 0. The van der Waals surface area contributed by atoms with Crippen LogP contribution in [0.2, 0.25) is 0 Å². The number of hydrogen-bond donors (Lipinski definition) is 0. The van der Waals surface area contributed by atoms with Crippen molar-refractivity contribution in [2.24, 2.45) is 5.92 Å². The Kier molecular flexibility index (Phi) is 3.95. The molecule has 1 heterocycles. The highest BCUT2D eigenvalue weighted by atomic mass is 79.9. The van der Waals surface area contributed by atoms with Crippen molar-refractivity contribution in [3.05, 3.63) is 28.0 Å². The molecule has 16 heavy (non-hydrogen) atoms. The van der Waals surface area contributed by atoms with Crippen molar-refractivity contribution < 1.29 is 0 Å². The van der Waals surface area contributed by atoms with Gasteiger partial charge in [-0.25, -0.2) is 0 Å². The molecule has 1 aliphatic carbocycles. The molecular weight excluding hydrogens is 264 g/mol. The Balaban J connectivity index is 2.11. The first-order valence-electron chi connectivity index (χ1n) is 5.84. The molecule has 0 aromatic carbocycles. The van der Waals surface area contributed by atoms with Crippen LogP contribution in [0.25, 0.3) is 0 Å². The van der Waals surface area contributed by atoms with Crippen LogP contribution in [-0.2, 0) is 6.42 Å². The number of pyridine rings is 1. The van der Waals surface area contributed by atoms with Crippen molar-refractivity contribution in [2.75, 3.05) is 0 Å². The van der Waals surface area contributed by atoms with Crippen LogP contribution in [-0.4, -0.2) is 4.98 Å². The minimum Gasteiger partial charge on any atom is -0.259 e. The molecule has 0 N–H and O–H groups in total. The Morgan fingerprint density at radius 1 is 1.38 bits per heavy atom. The third-order valence-electron chi connectivity index (χ3n) is 3.26. The fraction of sp³-hybridized carbons (Fsp3) is 0.538. The van der Waals surface area contributed by atoms with E-state index in [2.05, 4.69) is 27.0 Å². The first kappa shape index (κ1) is 11.6. The molecule has 1 fully saturated rings. The van der Waals surface area contributed by atoms with Crippen molar-refractivity contribution in [1.82, 2.24) is 4.98 Å². The van der Waals surface area contributed by atoms with Crippen molar-refractivity contribution in [3.8, 4) is 6.07 Å². The lowest BCUT2D eigenvalue weighted by atomic mass is 9.85. The van der Waals surface area contributed by atoms with Crippen molar-refractivity contribution in [1.29, 1.82) is 5.26 Å². The number of aromatic nitrogens is 1. The van der Waals surface area contributed by atoms with E-state index in [1.54, 1.807) is 6.20 Å². The van der Waals surface area contributed by atoms with E-state index < -0.39 is 0 Å². The van der Waals surface area contributed by atoms with Gasteiger partial charge >= 0.3 is 0 Å². The molecule has 0 amide bonds. The molecule has 2 nitrogen and oxygen atoms in total. The van der Waals surface area contributed by atoms with E-state index in [9.17, 15) is 0 Å². The highest BCUT2D eigenvalue weighted by molar-refractivity contribution is 9.10. The Hall–Kier alpha value is -0.880. The van der Waals surface area contributed by atoms with E-state index >= 15 is 0 Å². The van der Waals surface area contributed by atoms with Gasteiger partial charge in [-0.1, -0.05) is 32.1 Å². The molecule has 0 unspecified atom stereocenters. The summed E-state index contributed by atoms with van der Waals surface area (Å²) >= 11 is 3.35. The van der Waals surface area contributed by atoms with E-state index in [0.717, 1.165) is 28.1 Å². The monoisotopic (exact) mass is 278 g/mol. The summed E-state index contributed by atoms with van der Waals surface area (Å²) in [6.07, 6.45) is 9.39. The SMILES string of the molecule is N#Cc1cc(Br)cnc1CC1CCCCC1. The first-order valence-corrected chi connectivity index (χ1v) is 6.63. The van der Waals surface area contributed by atoms with Crippen LogP contribution < -0.4 is 0 Å². The lowest BCUT2D eigenvalue weighted by Crippen LogP contribution is -2.11. The fourth-order valence-corrected chi connectivity index (χ4v) is 2.72. The van der Waals surface area contributed by atoms with Crippen LogP contribution in [0.5, 0.6) is 0 Å². The summed E-state index contributed by atoms with van der Waals surface area (Å²) in [4.78, 5) is 4.37. The smallest absolute Gasteiger partial charge is 0.101 e. The molecular formula is C13H15BrN2. The van der Waals surface area contributed by atoms with E-state index in [-0.39, 0.29) is 0 Å². The summed E-state index contributed by atoms with van der Waals surface area (Å²) in [6, 6.07) is 4.10. The quantitative estimate of drug-likeness (QED) is 0.824. The zero-order valence-corrected chi connectivity index (χ0v) is 10.8. The Bertz CT molecular complexity index is 403. The zero-order chi connectivity index (χ0) is 11.4. The third kappa shape index (κ3) is 2.82. The summed E-state index contributed by atoms with van der Waals surface area (Å²) in [5.74, 6) is 0.731. The first-order chi connectivity index (χ1) is 7.79. The summed E-state index contributed by atoms with van der Waals surface area (Å²) < 4.78 is 0.886. The van der Waals surface area contributed by atoms with Gasteiger partial charge < -0.3 is 0 Å². The maximum Gasteiger partial charge on any atom is 0.101 e. The molecule has 0 spiro atoms. The van der Waals surface area contributed by atoms with Gasteiger partial charge in [0.25, 0.3) is 0 Å². The molecule has 84 valence electrons. The standard InChI is InChI=1S/C13H15BrN2/c14-12-7-11(8-15)13(16-9-12)6-10-4-2-1-3-5-10/h7,9-10H,1-6H2. The summed E-state index contributed by atoms with van der Waals surface area (Å²) in [7, 11) is 0. The molecule has 1 aromatic heterocycles. The lowest BCUT2D eigenvalue weighted by molar-refractivity contribution is 0.354. The highest BCUT2D eigenvalue weighted by Crippen LogP contribution is 2.27. The maximum atomic E-state index is 9.06. The van der Waals surface area contributed by atoms with E-state index in [1.165, 1.54) is 32.1 Å². The van der Waals surface area contributed by atoms with E-state index in [1.807, 2.05) is 6.07 Å². The Morgan fingerprint density at radius 2 is 2.12 bits per heavy atom. The molecule has 0 bridgehead atoms. The van der Waals surface area contributed by atoms with Gasteiger partial charge in [0.15, 0.2) is 0 Å². The van der Waals surface area contributed by atoms with Gasteiger partial charge in [0, 0.05) is 10.7 Å².